The predicted octanol–water partition coefficient (Wildman–Crippen LogP) is 2.31. The Balaban J connectivity index is 2.08. The van der Waals surface area contributed by atoms with Crippen molar-refractivity contribution >= 4 is 17.3 Å². The molecule has 1 heterocycles. The number of nitriles is 2. The molecule has 0 bridgehead atoms. The van der Waals surface area contributed by atoms with E-state index in [-0.39, 0.29) is 18.4 Å². The van der Waals surface area contributed by atoms with Gasteiger partial charge in [-0.1, -0.05) is 28.9 Å². The van der Waals surface area contributed by atoms with Crippen LogP contribution in [0.2, 0.25) is 5.02 Å². The Hall–Kier alpha value is -2.90. The van der Waals surface area contributed by atoms with E-state index in [0.717, 1.165) is 0 Å². The summed E-state index contributed by atoms with van der Waals surface area (Å²) >= 11 is 6.00. The highest BCUT2D eigenvalue weighted by Crippen LogP contribution is 2.26. The van der Waals surface area contributed by atoms with E-state index in [1.807, 2.05) is 0 Å². The molecule has 98 valence electrons. The van der Waals surface area contributed by atoms with Gasteiger partial charge in [-0.15, -0.1) is 10.2 Å². The first-order chi connectivity index (χ1) is 9.74. The fourth-order valence-corrected chi connectivity index (χ4v) is 1.49. The summed E-state index contributed by atoms with van der Waals surface area (Å²) in [7, 11) is 0. The van der Waals surface area contributed by atoms with Gasteiger partial charge in [0, 0.05) is 0 Å². The average Bonchev–Trinajstić information content (AvgIpc) is 2.93. The Bertz CT molecular complexity index is 710. The summed E-state index contributed by atoms with van der Waals surface area (Å²) in [6, 6.07) is 10.1. The van der Waals surface area contributed by atoms with Crippen LogP contribution in [0.5, 0.6) is 0 Å². The molecule has 2 aromatic rings. The second-order valence-electron chi connectivity index (χ2n) is 3.42. The Morgan fingerprint density at radius 2 is 2.05 bits per heavy atom. The topological polar surface area (TPSA) is 108 Å². The maximum Gasteiger partial charge on any atom is 0.257 e. The average molecular weight is 288 g/mol. The highest BCUT2D eigenvalue weighted by molar-refractivity contribution is 6.33. The molecule has 0 N–H and O–H groups in total. The lowest BCUT2D eigenvalue weighted by molar-refractivity contribution is 0.112. The Morgan fingerprint density at radius 3 is 2.75 bits per heavy atom. The molecule has 0 unspecified atom stereocenters. The van der Waals surface area contributed by atoms with Crippen molar-refractivity contribution in [3.63, 3.8) is 0 Å². The molecule has 7 nitrogen and oxygen atoms in total. The van der Waals surface area contributed by atoms with Gasteiger partial charge in [0.1, 0.15) is 12.1 Å². The van der Waals surface area contributed by atoms with Crippen molar-refractivity contribution in [2.75, 3.05) is 0 Å². The molecule has 1 aromatic heterocycles. The van der Waals surface area contributed by atoms with Gasteiger partial charge in [0.15, 0.2) is 6.61 Å². The highest BCUT2D eigenvalue weighted by atomic mass is 35.5. The maximum atomic E-state index is 8.46. The lowest BCUT2D eigenvalue weighted by Crippen LogP contribution is -1.93. The fourth-order valence-electron chi connectivity index (χ4n) is 1.27. The highest BCUT2D eigenvalue weighted by Gasteiger charge is 2.11. The Labute approximate surface area is 118 Å². The van der Waals surface area contributed by atoms with Crippen LogP contribution in [-0.4, -0.2) is 15.9 Å². The molecule has 1 aromatic carbocycles. The molecule has 2 rings (SSSR count). The van der Waals surface area contributed by atoms with Gasteiger partial charge in [0.05, 0.1) is 10.6 Å². The first-order valence-electron chi connectivity index (χ1n) is 5.32. The van der Waals surface area contributed by atoms with Gasteiger partial charge in [0.2, 0.25) is 5.89 Å². The Kier molecular flexibility index (Phi) is 4.28. The number of hydrogen-bond acceptors (Lipinski definition) is 7. The lowest BCUT2D eigenvalue weighted by Gasteiger charge is -1.96. The number of oxime groups is 1. The molecule has 0 atom stereocenters. The van der Waals surface area contributed by atoms with E-state index >= 15 is 0 Å². The maximum absolute atomic E-state index is 8.46. The SMILES string of the molecule is N#CC(C#N)=NOCc1nnc(-c2ccccc2Cl)o1. The lowest BCUT2D eigenvalue weighted by atomic mass is 10.2. The minimum absolute atomic E-state index is 0.148. The summed E-state index contributed by atoms with van der Waals surface area (Å²) in [5, 5.41) is 28.3. The van der Waals surface area contributed by atoms with E-state index in [4.69, 9.17) is 31.4 Å². The second-order valence-corrected chi connectivity index (χ2v) is 3.82. The van der Waals surface area contributed by atoms with E-state index in [1.54, 1.807) is 36.4 Å². The third-order valence-corrected chi connectivity index (χ3v) is 2.46. The van der Waals surface area contributed by atoms with Crippen molar-refractivity contribution in [3.8, 4) is 23.6 Å². The van der Waals surface area contributed by atoms with Crippen LogP contribution in [0, 0.1) is 22.7 Å². The van der Waals surface area contributed by atoms with Crippen LogP contribution < -0.4 is 0 Å². The van der Waals surface area contributed by atoms with Crippen molar-refractivity contribution in [2.24, 2.45) is 5.16 Å². The summed E-state index contributed by atoms with van der Waals surface area (Å²) in [6.07, 6.45) is 0. The van der Waals surface area contributed by atoms with Crippen molar-refractivity contribution < 1.29 is 9.25 Å². The zero-order valence-electron chi connectivity index (χ0n) is 9.95. The summed E-state index contributed by atoms with van der Waals surface area (Å²) in [5.41, 5.74) is 0.210. The molecule has 0 radical (unpaired) electrons. The van der Waals surface area contributed by atoms with Crippen LogP contribution in [0.4, 0.5) is 0 Å². The zero-order valence-corrected chi connectivity index (χ0v) is 10.7. The standard InChI is InChI=1S/C12H6ClN5O2/c13-10-4-2-1-3-9(10)12-17-16-11(20-12)7-19-18-8(5-14)6-15/h1-4H,7H2. The van der Waals surface area contributed by atoms with Crippen molar-refractivity contribution in [1.82, 2.24) is 10.2 Å². The molecule has 0 aliphatic heterocycles. The monoisotopic (exact) mass is 287 g/mol. The van der Waals surface area contributed by atoms with E-state index in [0.29, 0.717) is 10.6 Å². The normalized spacial score (nSPS) is 9.35. The van der Waals surface area contributed by atoms with Crippen molar-refractivity contribution in [2.45, 2.75) is 6.61 Å². The van der Waals surface area contributed by atoms with Crippen LogP contribution in [0.1, 0.15) is 5.89 Å². The molecular formula is C12H6ClN5O2. The number of aromatic nitrogens is 2. The first-order valence-corrected chi connectivity index (χ1v) is 5.70. The number of benzene rings is 1. The molecule has 0 aliphatic rings. The smallest absolute Gasteiger partial charge is 0.257 e. The van der Waals surface area contributed by atoms with Gasteiger partial charge in [-0.25, -0.2) is 0 Å². The number of halogens is 1. The van der Waals surface area contributed by atoms with Gasteiger partial charge >= 0.3 is 0 Å². The fraction of sp³-hybridized carbons (Fsp3) is 0.0833. The number of hydrogen-bond donors (Lipinski definition) is 0. The minimum atomic E-state index is -0.393. The van der Waals surface area contributed by atoms with Crippen molar-refractivity contribution in [1.29, 1.82) is 10.5 Å². The Morgan fingerprint density at radius 1 is 1.30 bits per heavy atom. The minimum Gasteiger partial charge on any atom is -0.417 e. The summed E-state index contributed by atoms with van der Waals surface area (Å²) in [5.74, 6) is 0.401. The number of nitrogens with zero attached hydrogens (tertiary/aromatic N) is 5. The van der Waals surface area contributed by atoms with Gasteiger partial charge in [-0.3, -0.25) is 0 Å². The molecule has 0 fully saturated rings. The molecule has 0 amide bonds. The molecule has 20 heavy (non-hydrogen) atoms. The van der Waals surface area contributed by atoms with Crippen LogP contribution >= 0.6 is 11.6 Å². The van der Waals surface area contributed by atoms with Crippen molar-refractivity contribution in [3.05, 3.63) is 35.2 Å². The molecule has 0 saturated carbocycles. The summed E-state index contributed by atoms with van der Waals surface area (Å²) in [6.45, 7) is -0.148. The van der Waals surface area contributed by atoms with Gasteiger partial charge in [0.25, 0.3) is 11.6 Å². The van der Waals surface area contributed by atoms with E-state index < -0.39 is 5.71 Å². The molecule has 0 saturated heterocycles. The van der Waals surface area contributed by atoms with Crippen LogP contribution in [0.25, 0.3) is 11.5 Å². The van der Waals surface area contributed by atoms with Gasteiger partial charge < -0.3 is 9.25 Å². The summed E-state index contributed by atoms with van der Waals surface area (Å²) < 4.78 is 5.33. The summed E-state index contributed by atoms with van der Waals surface area (Å²) in [4.78, 5) is 4.76. The second kappa shape index (κ2) is 6.32. The zero-order chi connectivity index (χ0) is 14.4. The predicted molar refractivity (Wildman–Crippen MR) is 68.2 cm³/mol. The number of rotatable bonds is 4. The van der Waals surface area contributed by atoms with E-state index in [9.17, 15) is 0 Å². The van der Waals surface area contributed by atoms with Gasteiger partial charge in [-0.2, -0.15) is 10.5 Å². The largest absolute Gasteiger partial charge is 0.417 e. The van der Waals surface area contributed by atoms with Crippen LogP contribution in [0.15, 0.2) is 33.8 Å². The van der Waals surface area contributed by atoms with Gasteiger partial charge in [-0.05, 0) is 12.1 Å². The van der Waals surface area contributed by atoms with E-state index in [1.165, 1.54) is 0 Å². The molecule has 0 spiro atoms. The molecule has 0 aliphatic carbocycles. The third-order valence-electron chi connectivity index (χ3n) is 2.13. The van der Waals surface area contributed by atoms with E-state index in [2.05, 4.69) is 15.4 Å². The van der Waals surface area contributed by atoms with Crippen LogP contribution in [-0.2, 0) is 11.4 Å². The molecule has 8 heteroatoms. The van der Waals surface area contributed by atoms with Crippen LogP contribution in [0.3, 0.4) is 0 Å². The third kappa shape index (κ3) is 3.10. The molecular weight excluding hydrogens is 282 g/mol. The first kappa shape index (κ1) is 13.5. The quantitative estimate of drug-likeness (QED) is 0.630.